The molecule has 0 aromatic carbocycles. The van der Waals surface area contributed by atoms with Crippen LogP contribution in [0, 0.1) is 0 Å². The van der Waals surface area contributed by atoms with E-state index in [1.807, 2.05) is 0 Å². The van der Waals surface area contributed by atoms with Crippen LogP contribution in [0.2, 0.25) is 0 Å². The van der Waals surface area contributed by atoms with Crippen molar-refractivity contribution in [3.8, 4) is 0 Å². The van der Waals surface area contributed by atoms with E-state index in [0.29, 0.717) is 18.9 Å². The van der Waals surface area contributed by atoms with E-state index in [9.17, 15) is 9.59 Å². The number of aromatic amines is 1. The summed E-state index contributed by atoms with van der Waals surface area (Å²) in [5.41, 5.74) is 4.70. The van der Waals surface area contributed by atoms with Gasteiger partial charge in [-0.05, 0) is 12.5 Å². The molecule has 17 heavy (non-hydrogen) atoms. The Hall–Kier alpha value is -2.31. The van der Waals surface area contributed by atoms with Crippen molar-refractivity contribution in [3.05, 3.63) is 45.4 Å². The average molecular weight is 235 g/mol. The van der Waals surface area contributed by atoms with E-state index in [0.717, 1.165) is 6.42 Å². The molecule has 7 heteroatoms. The topological polar surface area (TPSA) is 98.7 Å². The van der Waals surface area contributed by atoms with Crippen LogP contribution in [0.1, 0.15) is 6.42 Å². The molecule has 0 bridgehead atoms. The second-order valence-corrected chi connectivity index (χ2v) is 3.66. The minimum Gasteiger partial charge on any atom is -0.382 e. The maximum Gasteiger partial charge on any atom is 0.328 e. The smallest absolute Gasteiger partial charge is 0.328 e. The Morgan fingerprint density at radius 3 is 2.71 bits per heavy atom. The lowest BCUT2D eigenvalue weighted by Gasteiger charge is -2.04. The molecular formula is C10H13N5O2. The van der Waals surface area contributed by atoms with Gasteiger partial charge in [0.05, 0.1) is 0 Å². The lowest BCUT2D eigenvalue weighted by molar-refractivity contribution is 0.514. The van der Waals surface area contributed by atoms with Gasteiger partial charge in [0.1, 0.15) is 5.82 Å². The highest BCUT2D eigenvalue weighted by atomic mass is 16.2. The number of rotatable bonds is 4. The predicted molar refractivity (Wildman–Crippen MR) is 62.6 cm³/mol. The van der Waals surface area contributed by atoms with E-state index in [-0.39, 0.29) is 5.56 Å². The number of nitrogens with one attached hydrogen (secondary N) is 1. The summed E-state index contributed by atoms with van der Waals surface area (Å²) in [4.78, 5) is 24.4. The van der Waals surface area contributed by atoms with Gasteiger partial charge in [0.15, 0.2) is 0 Å². The van der Waals surface area contributed by atoms with Gasteiger partial charge in [0, 0.05) is 31.5 Å². The van der Waals surface area contributed by atoms with Crippen molar-refractivity contribution in [2.45, 2.75) is 19.5 Å². The minimum absolute atomic E-state index is 0.383. The number of aryl methyl sites for hydroxylation is 2. The molecule has 0 aliphatic heterocycles. The molecule has 0 radical (unpaired) electrons. The van der Waals surface area contributed by atoms with Gasteiger partial charge in [-0.1, -0.05) is 0 Å². The van der Waals surface area contributed by atoms with Crippen LogP contribution in [0.3, 0.4) is 0 Å². The molecule has 0 aliphatic rings. The molecule has 0 saturated heterocycles. The van der Waals surface area contributed by atoms with Gasteiger partial charge >= 0.3 is 5.69 Å². The zero-order valence-corrected chi connectivity index (χ0v) is 9.17. The number of aromatic nitrogens is 4. The van der Waals surface area contributed by atoms with Crippen LogP contribution in [-0.2, 0) is 13.1 Å². The number of hydrogen-bond acceptors (Lipinski definition) is 4. The quantitative estimate of drug-likeness (QED) is 0.739. The van der Waals surface area contributed by atoms with Crippen LogP contribution in [0.5, 0.6) is 0 Å². The van der Waals surface area contributed by atoms with Crippen molar-refractivity contribution in [2.75, 3.05) is 5.73 Å². The SMILES string of the molecule is Nc1ccn(CCCn2ccc(=O)[nH]c2=O)n1. The number of hydrogen-bond donors (Lipinski definition) is 2. The van der Waals surface area contributed by atoms with Crippen LogP contribution in [0.15, 0.2) is 34.1 Å². The standard InChI is InChI=1S/C10H13N5O2/c11-8-2-7-15(13-8)5-1-4-14-6-3-9(16)12-10(14)17/h2-3,6-7H,1,4-5H2,(H2,11,13)(H,12,16,17). The lowest BCUT2D eigenvalue weighted by atomic mass is 10.4. The molecule has 2 aromatic rings. The van der Waals surface area contributed by atoms with Gasteiger partial charge in [0.2, 0.25) is 0 Å². The number of nitrogen functional groups attached to an aromatic ring is 1. The zero-order valence-electron chi connectivity index (χ0n) is 9.17. The third kappa shape index (κ3) is 2.83. The maximum absolute atomic E-state index is 11.4. The summed E-state index contributed by atoms with van der Waals surface area (Å²) in [6, 6.07) is 3.04. The summed E-state index contributed by atoms with van der Waals surface area (Å²) in [5.74, 6) is 0.478. The number of nitrogens with zero attached hydrogens (tertiary/aromatic N) is 3. The van der Waals surface area contributed by atoms with Gasteiger partial charge in [-0.15, -0.1) is 0 Å². The Labute approximate surface area is 96.5 Å². The molecule has 2 heterocycles. The fraction of sp³-hybridized carbons (Fsp3) is 0.300. The third-order valence-corrected chi connectivity index (χ3v) is 2.34. The first kappa shape index (κ1) is 11.2. The monoisotopic (exact) mass is 235 g/mol. The van der Waals surface area contributed by atoms with Crippen molar-refractivity contribution in [2.24, 2.45) is 0 Å². The number of nitrogens with two attached hydrogens (primary N) is 1. The highest BCUT2D eigenvalue weighted by molar-refractivity contribution is 5.23. The lowest BCUT2D eigenvalue weighted by Crippen LogP contribution is -2.28. The molecule has 0 spiro atoms. The highest BCUT2D eigenvalue weighted by Gasteiger charge is 1.98. The minimum atomic E-state index is -0.391. The Bertz CT molecular complexity index is 609. The first-order valence-electron chi connectivity index (χ1n) is 5.24. The van der Waals surface area contributed by atoms with Gasteiger partial charge in [-0.3, -0.25) is 14.5 Å². The van der Waals surface area contributed by atoms with Crippen LogP contribution in [0.4, 0.5) is 5.82 Å². The van der Waals surface area contributed by atoms with E-state index >= 15 is 0 Å². The normalized spacial score (nSPS) is 10.6. The first-order valence-corrected chi connectivity index (χ1v) is 5.24. The average Bonchev–Trinajstić information content (AvgIpc) is 2.68. The second-order valence-electron chi connectivity index (χ2n) is 3.66. The molecule has 0 saturated carbocycles. The van der Waals surface area contributed by atoms with E-state index < -0.39 is 5.69 Å². The van der Waals surface area contributed by atoms with Crippen molar-refractivity contribution >= 4 is 5.82 Å². The summed E-state index contributed by atoms with van der Waals surface area (Å²) in [5, 5.41) is 4.03. The Morgan fingerprint density at radius 1 is 1.24 bits per heavy atom. The van der Waals surface area contributed by atoms with Gasteiger partial charge in [-0.2, -0.15) is 5.10 Å². The summed E-state index contributed by atoms with van der Waals surface area (Å²) in [7, 11) is 0. The Morgan fingerprint density at radius 2 is 2.06 bits per heavy atom. The summed E-state index contributed by atoms with van der Waals surface area (Å²) >= 11 is 0. The van der Waals surface area contributed by atoms with Crippen molar-refractivity contribution < 1.29 is 0 Å². The highest BCUT2D eigenvalue weighted by Crippen LogP contribution is 1.97. The molecule has 0 aliphatic carbocycles. The molecule has 0 amide bonds. The fourth-order valence-electron chi connectivity index (χ4n) is 1.53. The molecule has 0 unspecified atom stereocenters. The van der Waals surface area contributed by atoms with Crippen LogP contribution in [-0.4, -0.2) is 19.3 Å². The van der Waals surface area contributed by atoms with Crippen molar-refractivity contribution in [1.29, 1.82) is 0 Å². The van der Waals surface area contributed by atoms with Crippen molar-refractivity contribution in [3.63, 3.8) is 0 Å². The Kier molecular flexibility index (Phi) is 3.08. The van der Waals surface area contributed by atoms with E-state index in [1.54, 1.807) is 16.9 Å². The predicted octanol–water partition coefficient (Wildman–Crippen LogP) is -0.594. The molecule has 90 valence electrons. The summed E-state index contributed by atoms with van der Waals surface area (Å²) in [6.45, 7) is 1.19. The molecule has 7 nitrogen and oxygen atoms in total. The Balaban J connectivity index is 1.94. The summed E-state index contributed by atoms with van der Waals surface area (Å²) < 4.78 is 3.17. The second kappa shape index (κ2) is 4.69. The van der Waals surface area contributed by atoms with E-state index in [1.165, 1.54) is 16.8 Å². The fourth-order valence-corrected chi connectivity index (χ4v) is 1.53. The molecular weight excluding hydrogens is 222 g/mol. The van der Waals surface area contributed by atoms with Crippen LogP contribution in [0.25, 0.3) is 0 Å². The van der Waals surface area contributed by atoms with Crippen LogP contribution < -0.4 is 17.0 Å². The molecule has 0 fully saturated rings. The van der Waals surface area contributed by atoms with Gasteiger partial charge in [-0.25, -0.2) is 4.79 Å². The molecule has 2 rings (SSSR count). The van der Waals surface area contributed by atoms with E-state index in [2.05, 4.69) is 10.1 Å². The zero-order chi connectivity index (χ0) is 12.3. The summed E-state index contributed by atoms with van der Waals surface area (Å²) in [6.07, 6.45) is 4.00. The van der Waals surface area contributed by atoms with Crippen molar-refractivity contribution in [1.82, 2.24) is 19.3 Å². The molecule has 3 N–H and O–H groups in total. The largest absolute Gasteiger partial charge is 0.382 e. The first-order chi connectivity index (χ1) is 8.15. The van der Waals surface area contributed by atoms with Gasteiger partial charge in [0.25, 0.3) is 5.56 Å². The molecule has 2 aromatic heterocycles. The van der Waals surface area contributed by atoms with Gasteiger partial charge < -0.3 is 10.3 Å². The molecule has 0 atom stereocenters. The number of anilines is 1. The third-order valence-electron chi connectivity index (χ3n) is 2.34. The van der Waals surface area contributed by atoms with Crippen LogP contribution >= 0.6 is 0 Å². The maximum atomic E-state index is 11.4. The number of H-pyrrole nitrogens is 1. The van der Waals surface area contributed by atoms with E-state index in [4.69, 9.17) is 5.73 Å².